The van der Waals surface area contributed by atoms with Crippen molar-refractivity contribution in [1.29, 1.82) is 0 Å². The van der Waals surface area contributed by atoms with E-state index in [1.807, 2.05) is 24.3 Å². The Morgan fingerprint density at radius 1 is 1.10 bits per heavy atom. The number of hydrogen-bond donors (Lipinski definition) is 2. The Kier molecular flexibility index (Phi) is 4.90. The van der Waals surface area contributed by atoms with Gasteiger partial charge in [0, 0.05) is 5.46 Å². The lowest BCUT2D eigenvalue weighted by Crippen LogP contribution is -2.30. The lowest BCUT2D eigenvalue weighted by Gasteiger charge is -2.11. The molecule has 0 radical (unpaired) electrons. The van der Waals surface area contributed by atoms with Gasteiger partial charge in [-0.15, -0.1) is 0 Å². The van der Waals surface area contributed by atoms with E-state index < -0.39 is 7.12 Å². The summed E-state index contributed by atoms with van der Waals surface area (Å²) in [4.78, 5) is 0. The topological polar surface area (TPSA) is 58.9 Å². The molecular weight excluding hydrogens is 278 g/mol. The lowest BCUT2D eigenvalue weighted by atomic mass is 9.80. The third-order valence-electron chi connectivity index (χ3n) is 2.82. The maximum absolute atomic E-state index is 9.17. The molecule has 4 nitrogen and oxygen atoms in total. The maximum Gasteiger partial charge on any atom is 0.490 e. The zero-order valence-electron chi connectivity index (χ0n) is 10.9. The van der Waals surface area contributed by atoms with Crippen LogP contribution < -0.4 is 14.9 Å². The lowest BCUT2D eigenvalue weighted by molar-refractivity contribution is 0.306. The first-order valence-electron chi connectivity index (χ1n) is 6.02. The fourth-order valence-electron chi connectivity index (χ4n) is 1.72. The Morgan fingerprint density at radius 3 is 2.40 bits per heavy atom. The summed E-state index contributed by atoms with van der Waals surface area (Å²) in [5, 5.41) is 18.6. The highest BCUT2D eigenvalue weighted by atomic mass is 35.5. The number of hydrogen-bond acceptors (Lipinski definition) is 4. The number of ether oxygens (including phenoxy) is 2. The molecule has 0 aliphatic heterocycles. The molecule has 0 aromatic heterocycles. The van der Waals surface area contributed by atoms with Gasteiger partial charge < -0.3 is 19.5 Å². The summed E-state index contributed by atoms with van der Waals surface area (Å²) in [6, 6.07) is 12.3. The molecule has 0 atom stereocenters. The monoisotopic (exact) mass is 292 g/mol. The Labute approximate surface area is 122 Å². The molecule has 0 unspecified atom stereocenters. The van der Waals surface area contributed by atoms with E-state index in [1.54, 1.807) is 19.2 Å². The molecule has 0 amide bonds. The molecule has 0 aliphatic carbocycles. The third kappa shape index (κ3) is 3.45. The van der Waals surface area contributed by atoms with Gasteiger partial charge in [-0.25, -0.2) is 0 Å². The summed E-state index contributed by atoms with van der Waals surface area (Å²) in [5.41, 5.74) is 1.18. The molecule has 0 bridgehead atoms. The van der Waals surface area contributed by atoms with Crippen molar-refractivity contribution in [2.24, 2.45) is 0 Å². The van der Waals surface area contributed by atoms with E-state index in [-0.39, 0.29) is 10.5 Å². The molecule has 2 aromatic carbocycles. The molecule has 6 heteroatoms. The van der Waals surface area contributed by atoms with Gasteiger partial charge >= 0.3 is 7.12 Å². The van der Waals surface area contributed by atoms with Crippen LogP contribution in [0, 0.1) is 0 Å². The average molecular weight is 293 g/mol. The van der Waals surface area contributed by atoms with Gasteiger partial charge in [0.15, 0.2) is 0 Å². The van der Waals surface area contributed by atoms with Gasteiger partial charge in [-0.1, -0.05) is 35.9 Å². The summed E-state index contributed by atoms with van der Waals surface area (Å²) in [7, 11) is -0.0104. The predicted molar refractivity (Wildman–Crippen MR) is 78.6 cm³/mol. The first-order chi connectivity index (χ1) is 9.61. The smallest absolute Gasteiger partial charge is 0.490 e. The van der Waals surface area contributed by atoms with Crippen molar-refractivity contribution in [3.63, 3.8) is 0 Å². The van der Waals surface area contributed by atoms with Crippen molar-refractivity contribution in [3.8, 4) is 11.5 Å². The fraction of sp³-hybridized carbons (Fsp3) is 0.143. The molecule has 2 aromatic rings. The Hall–Kier alpha value is -1.69. The molecule has 0 saturated carbocycles. The van der Waals surface area contributed by atoms with E-state index in [0.717, 1.165) is 11.3 Å². The molecule has 20 heavy (non-hydrogen) atoms. The van der Waals surface area contributed by atoms with Crippen LogP contribution in [0.2, 0.25) is 5.02 Å². The molecule has 0 heterocycles. The zero-order chi connectivity index (χ0) is 14.5. The summed E-state index contributed by atoms with van der Waals surface area (Å²) in [6.45, 7) is 0.328. The largest absolute Gasteiger partial charge is 0.497 e. The third-order valence-corrected chi connectivity index (χ3v) is 3.23. The Balaban J connectivity index is 2.08. The van der Waals surface area contributed by atoms with Gasteiger partial charge in [-0.05, 0) is 23.8 Å². The highest BCUT2D eigenvalue weighted by molar-refractivity contribution is 6.63. The van der Waals surface area contributed by atoms with Gasteiger partial charge in [0.25, 0.3) is 0 Å². The van der Waals surface area contributed by atoms with Crippen molar-refractivity contribution in [2.45, 2.75) is 6.61 Å². The molecule has 2 N–H and O–H groups in total. The molecule has 104 valence electrons. The molecule has 0 saturated heterocycles. The van der Waals surface area contributed by atoms with Crippen LogP contribution in [0.1, 0.15) is 5.56 Å². The minimum absolute atomic E-state index is 0.205. The van der Waals surface area contributed by atoms with Crippen LogP contribution >= 0.6 is 11.6 Å². The first-order valence-corrected chi connectivity index (χ1v) is 6.40. The SMILES string of the molecule is COc1ccc(COc2cccc(B(O)O)c2Cl)cc1. The van der Waals surface area contributed by atoms with Crippen molar-refractivity contribution in [2.75, 3.05) is 7.11 Å². The number of benzene rings is 2. The fourth-order valence-corrected chi connectivity index (χ4v) is 2.00. The summed E-state index contributed by atoms with van der Waals surface area (Å²) < 4.78 is 10.7. The van der Waals surface area contributed by atoms with E-state index in [9.17, 15) is 10.0 Å². The maximum atomic E-state index is 9.17. The van der Waals surface area contributed by atoms with Gasteiger partial charge in [-0.2, -0.15) is 0 Å². The minimum atomic E-state index is -1.62. The molecule has 2 rings (SSSR count). The minimum Gasteiger partial charge on any atom is -0.497 e. The predicted octanol–water partition coefficient (Wildman–Crippen LogP) is 1.61. The van der Waals surface area contributed by atoms with Gasteiger partial charge in [0.2, 0.25) is 0 Å². The first kappa shape index (κ1) is 14.7. The quantitative estimate of drug-likeness (QED) is 0.822. The number of rotatable bonds is 5. The Bertz CT molecular complexity index is 572. The molecule has 0 aliphatic rings. The second-order valence-electron chi connectivity index (χ2n) is 4.17. The van der Waals surface area contributed by atoms with Crippen molar-refractivity contribution in [1.82, 2.24) is 0 Å². The standard InChI is InChI=1S/C14H14BClO4/c1-19-11-7-5-10(6-8-11)9-20-13-4-2-3-12(14(13)16)15(17)18/h2-8,17-18H,9H2,1H3. The molecule has 0 spiro atoms. The van der Waals surface area contributed by atoms with Crippen LogP contribution in [0.3, 0.4) is 0 Å². The highest BCUT2D eigenvalue weighted by Gasteiger charge is 2.17. The van der Waals surface area contributed by atoms with E-state index in [4.69, 9.17) is 21.1 Å². The van der Waals surface area contributed by atoms with Gasteiger partial charge in [0.1, 0.15) is 18.1 Å². The van der Waals surface area contributed by atoms with E-state index in [2.05, 4.69) is 0 Å². The van der Waals surface area contributed by atoms with Crippen molar-refractivity contribution >= 4 is 24.2 Å². The molecular formula is C14H14BClO4. The van der Waals surface area contributed by atoms with E-state index >= 15 is 0 Å². The highest BCUT2D eigenvalue weighted by Crippen LogP contribution is 2.23. The van der Waals surface area contributed by atoms with Crippen LogP contribution in [0.4, 0.5) is 0 Å². The van der Waals surface area contributed by atoms with Crippen LogP contribution in [0.5, 0.6) is 11.5 Å². The molecule has 0 fully saturated rings. The zero-order valence-corrected chi connectivity index (χ0v) is 11.7. The van der Waals surface area contributed by atoms with Crippen LogP contribution in [0.25, 0.3) is 0 Å². The van der Waals surface area contributed by atoms with Gasteiger partial charge in [0.05, 0.1) is 12.1 Å². The second kappa shape index (κ2) is 6.66. The van der Waals surface area contributed by atoms with Crippen LogP contribution in [0.15, 0.2) is 42.5 Å². The normalized spacial score (nSPS) is 10.2. The second-order valence-corrected chi connectivity index (χ2v) is 4.55. The summed E-state index contributed by atoms with van der Waals surface area (Å²) in [5.74, 6) is 1.19. The van der Waals surface area contributed by atoms with Crippen molar-refractivity contribution < 1.29 is 19.5 Å². The number of methoxy groups -OCH3 is 1. The van der Waals surface area contributed by atoms with Gasteiger partial charge in [-0.3, -0.25) is 0 Å². The van der Waals surface area contributed by atoms with E-state index in [1.165, 1.54) is 6.07 Å². The Morgan fingerprint density at radius 2 is 1.80 bits per heavy atom. The van der Waals surface area contributed by atoms with Crippen LogP contribution in [-0.4, -0.2) is 24.3 Å². The van der Waals surface area contributed by atoms with E-state index in [0.29, 0.717) is 12.4 Å². The summed E-state index contributed by atoms with van der Waals surface area (Å²) in [6.07, 6.45) is 0. The summed E-state index contributed by atoms with van der Waals surface area (Å²) >= 11 is 6.05. The average Bonchev–Trinajstić information content (AvgIpc) is 2.46. The van der Waals surface area contributed by atoms with Crippen LogP contribution in [-0.2, 0) is 6.61 Å². The van der Waals surface area contributed by atoms with Crippen molar-refractivity contribution in [3.05, 3.63) is 53.1 Å². The number of halogens is 1.